The Hall–Kier alpha value is -1.14. The molecule has 0 saturated heterocycles. The van der Waals surface area contributed by atoms with Crippen LogP contribution >= 0.6 is 11.3 Å². The van der Waals surface area contributed by atoms with Crippen LogP contribution in [-0.4, -0.2) is 24.5 Å². The molecular formula is C10H19N5S. The van der Waals surface area contributed by atoms with Gasteiger partial charge in [-0.2, -0.15) is 4.99 Å². The van der Waals surface area contributed by atoms with Crippen molar-refractivity contribution in [1.82, 2.24) is 10.3 Å². The Labute approximate surface area is 100.0 Å². The lowest BCUT2D eigenvalue weighted by Crippen LogP contribution is -2.21. The van der Waals surface area contributed by atoms with Gasteiger partial charge in [0.2, 0.25) is 5.13 Å². The van der Waals surface area contributed by atoms with Gasteiger partial charge in [-0.05, 0) is 32.9 Å². The molecule has 0 aliphatic rings. The number of aryl methyl sites for hydroxylation is 1. The van der Waals surface area contributed by atoms with Gasteiger partial charge in [0, 0.05) is 5.38 Å². The highest BCUT2D eigenvalue weighted by Crippen LogP contribution is 2.19. The van der Waals surface area contributed by atoms with Crippen molar-refractivity contribution >= 4 is 22.4 Å². The number of unbranched alkanes of at least 4 members (excludes halogenated alkanes) is 2. The van der Waals surface area contributed by atoms with E-state index in [1.54, 1.807) is 0 Å². The Balaban J connectivity index is 2.27. The molecule has 5 nitrogen and oxygen atoms in total. The summed E-state index contributed by atoms with van der Waals surface area (Å²) in [5.74, 6) is 0.0647. The van der Waals surface area contributed by atoms with Crippen LogP contribution in [0.25, 0.3) is 0 Å². The maximum absolute atomic E-state index is 5.28. The van der Waals surface area contributed by atoms with Gasteiger partial charge >= 0.3 is 0 Å². The third-order valence-corrected chi connectivity index (χ3v) is 2.91. The SMILES string of the molecule is CNCCCCCc1csc(N=C(N)N)n1. The number of nitrogens with zero attached hydrogens (tertiary/aromatic N) is 2. The highest BCUT2D eigenvalue weighted by Gasteiger charge is 2.00. The summed E-state index contributed by atoms with van der Waals surface area (Å²) in [5.41, 5.74) is 11.6. The van der Waals surface area contributed by atoms with E-state index < -0.39 is 0 Å². The lowest BCUT2D eigenvalue weighted by atomic mass is 10.1. The molecule has 0 saturated carbocycles. The summed E-state index contributed by atoms with van der Waals surface area (Å²) in [6, 6.07) is 0. The van der Waals surface area contributed by atoms with Crippen molar-refractivity contribution in [2.75, 3.05) is 13.6 Å². The Morgan fingerprint density at radius 1 is 1.44 bits per heavy atom. The van der Waals surface area contributed by atoms with E-state index in [2.05, 4.69) is 15.3 Å². The topological polar surface area (TPSA) is 89.3 Å². The predicted molar refractivity (Wildman–Crippen MR) is 69.1 cm³/mol. The summed E-state index contributed by atoms with van der Waals surface area (Å²) in [5, 5.41) is 5.79. The summed E-state index contributed by atoms with van der Waals surface area (Å²) in [4.78, 5) is 8.23. The first-order valence-electron chi connectivity index (χ1n) is 5.41. The second-order valence-electron chi connectivity index (χ2n) is 3.57. The standard InChI is InChI=1S/C10H19N5S/c1-13-6-4-2-3-5-8-7-16-10(14-8)15-9(11)12/h7,13H,2-6H2,1H3,(H4,11,12,14,15). The van der Waals surface area contributed by atoms with Gasteiger partial charge in [0.1, 0.15) is 0 Å². The van der Waals surface area contributed by atoms with Crippen LogP contribution in [0.3, 0.4) is 0 Å². The number of hydrogen-bond acceptors (Lipinski definition) is 4. The van der Waals surface area contributed by atoms with Crippen molar-refractivity contribution in [3.63, 3.8) is 0 Å². The maximum atomic E-state index is 5.28. The molecule has 0 aliphatic carbocycles. The Morgan fingerprint density at radius 2 is 2.25 bits per heavy atom. The zero-order valence-corrected chi connectivity index (χ0v) is 10.4. The van der Waals surface area contributed by atoms with Crippen molar-refractivity contribution < 1.29 is 0 Å². The Morgan fingerprint density at radius 3 is 2.94 bits per heavy atom. The second kappa shape index (κ2) is 7.19. The minimum atomic E-state index is 0.0647. The molecule has 1 rings (SSSR count). The first-order valence-corrected chi connectivity index (χ1v) is 6.29. The van der Waals surface area contributed by atoms with E-state index in [0.717, 1.165) is 25.1 Å². The summed E-state index contributed by atoms with van der Waals surface area (Å²) in [6.45, 7) is 1.08. The number of rotatable bonds is 7. The molecule has 16 heavy (non-hydrogen) atoms. The van der Waals surface area contributed by atoms with E-state index in [-0.39, 0.29) is 5.96 Å². The van der Waals surface area contributed by atoms with Crippen LogP contribution in [0.4, 0.5) is 5.13 Å². The first-order chi connectivity index (χ1) is 7.72. The predicted octanol–water partition coefficient (Wildman–Crippen LogP) is 0.980. The highest BCUT2D eigenvalue weighted by atomic mass is 32.1. The second-order valence-corrected chi connectivity index (χ2v) is 4.41. The van der Waals surface area contributed by atoms with E-state index in [9.17, 15) is 0 Å². The fraction of sp³-hybridized carbons (Fsp3) is 0.600. The number of aliphatic imine (C=N–C) groups is 1. The monoisotopic (exact) mass is 241 g/mol. The maximum Gasteiger partial charge on any atom is 0.212 e. The summed E-state index contributed by atoms with van der Waals surface area (Å²) < 4.78 is 0. The van der Waals surface area contributed by atoms with Crippen LogP contribution in [0.15, 0.2) is 10.4 Å². The molecule has 0 aliphatic heterocycles. The molecule has 90 valence electrons. The van der Waals surface area contributed by atoms with Crippen molar-refractivity contribution in [1.29, 1.82) is 0 Å². The first kappa shape index (κ1) is 12.9. The van der Waals surface area contributed by atoms with Crippen LogP contribution in [0.1, 0.15) is 25.0 Å². The van der Waals surface area contributed by atoms with E-state index in [1.165, 1.54) is 24.2 Å². The Bertz CT molecular complexity index is 330. The molecule has 0 fully saturated rings. The summed E-state index contributed by atoms with van der Waals surface area (Å²) in [7, 11) is 1.97. The van der Waals surface area contributed by atoms with Gasteiger partial charge in [0.25, 0.3) is 0 Å². The molecule has 0 spiro atoms. The smallest absolute Gasteiger partial charge is 0.212 e. The molecular weight excluding hydrogens is 222 g/mol. The van der Waals surface area contributed by atoms with Crippen LogP contribution in [0, 0.1) is 0 Å². The third-order valence-electron chi connectivity index (χ3n) is 2.12. The van der Waals surface area contributed by atoms with Gasteiger partial charge in [0.15, 0.2) is 5.96 Å². The molecule has 0 radical (unpaired) electrons. The summed E-state index contributed by atoms with van der Waals surface area (Å²) >= 11 is 1.48. The normalized spacial score (nSPS) is 10.3. The number of hydrogen-bond donors (Lipinski definition) is 3. The fourth-order valence-corrected chi connectivity index (χ4v) is 2.10. The zero-order chi connectivity index (χ0) is 11.8. The molecule has 0 unspecified atom stereocenters. The largest absolute Gasteiger partial charge is 0.370 e. The lowest BCUT2D eigenvalue weighted by molar-refractivity contribution is 0.639. The number of guanidine groups is 1. The van der Waals surface area contributed by atoms with Crippen molar-refractivity contribution in [2.45, 2.75) is 25.7 Å². The summed E-state index contributed by atoms with van der Waals surface area (Å²) in [6.07, 6.45) is 4.59. The van der Waals surface area contributed by atoms with Gasteiger partial charge in [-0.15, -0.1) is 11.3 Å². The molecule has 1 heterocycles. The van der Waals surface area contributed by atoms with Crippen LogP contribution in [0.2, 0.25) is 0 Å². The van der Waals surface area contributed by atoms with Gasteiger partial charge < -0.3 is 16.8 Å². The van der Waals surface area contributed by atoms with Crippen molar-refractivity contribution in [3.8, 4) is 0 Å². The Kier molecular flexibility index (Phi) is 5.81. The van der Waals surface area contributed by atoms with Crippen molar-refractivity contribution in [3.05, 3.63) is 11.1 Å². The number of aromatic nitrogens is 1. The van der Waals surface area contributed by atoms with E-state index >= 15 is 0 Å². The zero-order valence-electron chi connectivity index (χ0n) is 9.57. The minimum absolute atomic E-state index is 0.0647. The van der Waals surface area contributed by atoms with Gasteiger partial charge in [0.05, 0.1) is 5.69 Å². The quantitative estimate of drug-likeness (QED) is 0.377. The fourth-order valence-electron chi connectivity index (χ4n) is 1.36. The molecule has 1 aromatic heterocycles. The molecule has 0 atom stereocenters. The van der Waals surface area contributed by atoms with Crippen LogP contribution in [0.5, 0.6) is 0 Å². The molecule has 0 amide bonds. The average Bonchev–Trinajstić information content (AvgIpc) is 2.64. The third kappa shape index (κ3) is 5.09. The van der Waals surface area contributed by atoms with Gasteiger partial charge in [-0.25, -0.2) is 4.98 Å². The molecule has 1 aromatic rings. The van der Waals surface area contributed by atoms with Gasteiger partial charge in [-0.3, -0.25) is 0 Å². The van der Waals surface area contributed by atoms with E-state index in [4.69, 9.17) is 11.5 Å². The number of nitrogens with two attached hydrogens (primary N) is 2. The average molecular weight is 241 g/mol. The van der Waals surface area contributed by atoms with Gasteiger partial charge in [-0.1, -0.05) is 6.42 Å². The molecule has 0 aromatic carbocycles. The van der Waals surface area contributed by atoms with Crippen LogP contribution < -0.4 is 16.8 Å². The number of nitrogens with one attached hydrogen (secondary N) is 1. The molecule has 0 bridgehead atoms. The lowest BCUT2D eigenvalue weighted by Gasteiger charge is -1.98. The van der Waals surface area contributed by atoms with Crippen molar-refractivity contribution in [2.24, 2.45) is 16.5 Å². The van der Waals surface area contributed by atoms with Crippen LogP contribution in [-0.2, 0) is 6.42 Å². The van der Waals surface area contributed by atoms with E-state index in [1.807, 2.05) is 12.4 Å². The molecule has 6 heteroatoms. The minimum Gasteiger partial charge on any atom is -0.370 e. The van der Waals surface area contributed by atoms with E-state index in [0.29, 0.717) is 5.13 Å². The number of thiazole rings is 1. The highest BCUT2D eigenvalue weighted by molar-refractivity contribution is 7.13. The molecule has 5 N–H and O–H groups in total.